The molecule has 0 amide bonds. The Morgan fingerprint density at radius 3 is 1.90 bits per heavy atom. The van der Waals surface area contributed by atoms with Crippen molar-refractivity contribution in [2.24, 2.45) is 0 Å². The van der Waals surface area contributed by atoms with Crippen LogP contribution in [0, 0.1) is 0 Å². The molecule has 0 saturated heterocycles. The molecule has 2 radical (unpaired) electrons. The van der Waals surface area contributed by atoms with Crippen LogP contribution in [0.2, 0.25) is 0 Å². The first-order valence-corrected chi connectivity index (χ1v) is 4.26. The van der Waals surface area contributed by atoms with Gasteiger partial charge in [-0.25, -0.2) is 0 Å². The summed E-state index contributed by atoms with van der Waals surface area (Å²) in [4.78, 5) is 0. The number of hydrogen-bond donors (Lipinski definition) is 0. The minimum atomic E-state index is 0.139. The lowest BCUT2D eigenvalue weighted by Gasteiger charge is -2.14. The number of hydrogen-bond acceptors (Lipinski definition) is 0. The van der Waals surface area contributed by atoms with E-state index in [-0.39, 0.29) is 6.04 Å². The van der Waals surface area contributed by atoms with E-state index in [9.17, 15) is 5.21 Å². The van der Waals surface area contributed by atoms with Crippen LogP contribution in [0.25, 0.3) is 0 Å². The van der Waals surface area contributed by atoms with E-state index in [0.29, 0.717) is 0 Å². The molecule has 0 aromatic carbocycles. The van der Waals surface area contributed by atoms with Crippen molar-refractivity contribution in [3.8, 4) is 0 Å². The first-order valence-electron chi connectivity index (χ1n) is 4.26. The average molecular weight is 141 g/mol. The lowest BCUT2D eigenvalue weighted by atomic mass is 9.97. The monoisotopic (exact) mass is 141 g/mol. The van der Waals surface area contributed by atoms with E-state index in [2.05, 4.69) is 5.48 Å². The Bertz CT molecular complexity index is 77.3. The highest BCUT2D eigenvalue weighted by Gasteiger charge is 2.10. The van der Waals surface area contributed by atoms with Gasteiger partial charge in [-0.1, -0.05) is 37.6 Å². The fourth-order valence-electron chi connectivity index (χ4n) is 1.54. The number of rotatable bonds is 1. The quantitative estimate of drug-likeness (QED) is 0.501. The van der Waals surface area contributed by atoms with Crippen LogP contribution in [-0.4, -0.2) is 6.04 Å². The van der Waals surface area contributed by atoms with Crippen LogP contribution in [0.15, 0.2) is 0 Å². The summed E-state index contributed by atoms with van der Waals surface area (Å²) in [6.07, 6.45) is 8.42. The third-order valence-corrected chi connectivity index (χ3v) is 2.22. The zero-order chi connectivity index (χ0) is 7.23. The van der Waals surface area contributed by atoms with Gasteiger partial charge in [0, 0.05) is 0 Å². The van der Waals surface area contributed by atoms with E-state index in [4.69, 9.17) is 0 Å². The Morgan fingerprint density at radius 1 is 0.900 bits per heavy atom. The van der Waals surface area contributed by atoms with Crippen LogP contribution in [0.5, 0.6) is 0 Å². The van der Waals surface area contributed by atoms with Crippen LogP contribution in [-0.2, 0) is 5.21 Å². The summed E-state index contributed by atoms with van der Waals surface area (Å²) in [5.41, 5.74) is 3.10. The van der Waals surface area contributed by atoms with Crippen molar-refractivity contribution in [3.63, 3.8) is 0 Å². The highest BCUT2D eigenvalue weighted by atomic mass is 16.5. The Hall–Kier alpha value is -0.0800. The Morgan fingerprint density at radius 2 is 1.40 bits per heavy atom. The fourth-order valence-corrected chi connectivity index (χ4v) is 1.54. The van der Waals surface area contributed by atoms with Gasteiger partial charge >= 0.3 is 0 Å². The summed E-state index contributed by atoms with van der Waals surface area (Å²) in [5.74, 6) is 0. The summed E-state index contributed by atoms with van der Waals surface area (Å²) in [6.45, 7) is 0. The van der Waals surface area contributed by atoms with Crippen molar-refractivity contribution in [1.29, 1.82) is 0 Å². The third kappa shape index (κ3) is 2.67. The number of nitrogens with zero attached hydrogens (tertiary/aromatic N) is 1. The second kappa shape index (κ2) is 4.69. The van der Waals surface area contributed by atoms with Gasteiger partial charge in [0.05, 0.1) is 6.04 Å². The topological polar surface area (TPSA) is 34.0 Å². The van der Waals surface area contributed by atoms with Crippen molar-refractivity contribution in [2.75, 3.05) is 0 Å². The second-order valence-electron chi connectivity index (χ2n) is 3.10. The maximum absolute atomic E-state index is 10.2. The largest absolute Gasteiger partial charge is 0.102 e. The maximum atomic E-state index is 10.2. The predicted octanol–water partition coefficient (Wildman–Crippen LogP) is 2.05. The van der Waals surface area contributed by atoms with Gasteiger partial charge in [-0.05, 0) is 12.8 Å². The van der Waals surface area contributed by atoms with Gasteiger partial charge in [0.1, 0.15) is 0 Å². The molecule has 1 fully saturated rings. The smallest absolute Gasteiger partial charge is 0.0571 e. The molecule has 10 heavy (non-hydrogen) atoms. The van der Waals surface area contributed by atoms with Crippen LogP contribution in [0.3, 0.4) is 0 Å². The van der Waals surface area contributed by atoms with Gasteiger partial charge in [0.15, 0.2) is 0 Å². The summed E-state index contributed by atoms with van der Waals surface area (Å²) in [6, 6.07) is 0.139. The minimum Gasteiger partial charge on any atom is -0.102 e. The summed E-state index contributed by atoms with van der Waals surface area (Å²) < 4.78 is 0. The lowest BCUT2D eigenvalue weighted by molar-refractivity contribution is 0.0258. The molecule has 2 nitrogen and oxygen atoms in total. The van der Waals surface area contributed by atoms with Crippen molar-refractivity contribution >= 4 is 0 Å². The predicted molar refractivity (Wildman–Crippen MR) is 38.9 cm³/mol. The number of hydroxylamine groups is 1. The molecule has 0 aromatic rings. The van der Waals surface area contributed by atoms with Crippen molar-refractivity contribution in [1.82, 2.24) is 5.48 Å². The molecule has 1 rings (SSSR count). The van der Waals surface area contributed by atoms with E-state index in [1.807, 2.05) is 0 Å². The highest BCUT2D eigenvalue weighted by Crippen LogP contribution is 2.16. The standard InChI is InChI=1S/C8H15NO/c10-9-8-6-4-2-1-3-5-7-8/h8H,1-7H2. The van der Waals surface area contributed by atoms with Crippen LogP contribution >= 0.6 is 0 Å². The lowest BCUT2D eigenvalue weighted by Crippen LogP contribution is -2.18. The first-order chi connectivity index (χ1) is 4.93. The normalized spacial score (nSPS) is 23.7. The molecule has 1 aliphatic rings. The molecule has 1 aliphatic carbocycles. The molecule has 0 unspecified atom stereocenters. The molecule has 0 N–H and O–H groups in total. The molecular weight excluding hydrogens is 126 g/mol. The molecular formula is C8H15NO. The van der Waals surface area contributed by atoms with E-state index in [0.717, 1.165) is 12.8 Å². The van der Waals surface area contributed by atoms with Gasteiger partial charge in [-0.3, -0.25) is 0 Å². The molecule has 0 heterocycles. The fraction of sp³-hybridized carbons (Fsp3) is 1.00. The van der Waals surface area contributed by atoms with Crippen molar-refractivity contribution < 1.29 is 5.21 Å². The van der Waals surface area contributed by atoms with Crippen LogP contribution in [0.1, 0.15) is 44.9 Å². The molecule has 58 valence electrons. The first kappa shape index (κ1) is 8.02. The summed E-state index contributed by atoms with van der Waals surface area (Å²) in [5, 5.41) is 10.2. The molecule has 0 bridgehead atoms. The molecule has 0 aromatic heterocycles. The summed E-state index contributed by atoms with van der Waals surface area (Å²) in [7, 11) is 0. The van der Waals surface area contributed by atoms with Gasteiger partial charge in [-0.15, -0.1) is 5.21 Å². The molecule has 0 aliphatic heterocycles. The second-order valence-corrected chi connectivity index (χ2v) is 3.10. The van der Waals surface area contributed by atoms with Crippen molar-refractivity contribution in [3.05, 3.63) is 0 Å². The Labute approximate surface area is 62.6 Å². The van der Waals surface area contributed by atoms with Gasteiger partial charge < -0.3 is 0 Å². The van der Waals surface area contributed by atoms with E-state index >= 15 is 0 Å². The van der Waals surface area contributed by atoms with E-state index < -0.39 is 0 Å². The Balaban J connectivity index is 2.16. The Kier molecular flexibility index (Phi) is 3.76. The van der Waals surface area contributed by atoms with E-state index in [1.165, 1.54) is 32.1 Å². The zero-order valence-electron chi connectivity index (χ0n) is 6.38. The SMILES string of the molecule is [O][N]C1CCCCCCC1. The third-order valence-electron chi connectivity index (χ3n) is 2.22. The summed E-state index contributed by atoms with van der Waals surface area (Å²) >= 11 is 0. The van der Waals surface area contributed by atoms with E-state index in [1.54, 1.807) is 0 Å². The molecule has 0 spiro atoms. The average Bonchev–Trinajstić information content (AvgIpc) is 1.87. The molecule has 2 heteroatoms. The van der Waals surface area contributed by atoms with Gasteiger partial charge in [-0.2, -0.15) is 0 Å². The van der Waals surface area contributed by atoms with Crippen LogP contribution < -0.4 is 5.48 Å². The van der Waals surface area contributed by atoms with Gasteiger partial charge in [0.2, 0.25) is 0 Å². The maximum Gasteiger partial charge on any atom is 0.0571 e. The van der Waals surface area contributed by atoms with Crippen LogP contribution in [0.4, 0.5) is 0 Å². The van der Waals surface area contributed by atoms with Gasteiger partial charge in [0.25, 0.3) is 0 Å². The zero-order valence-corrected chi connectivity index (χ0v) is 6.38. The van der Waals surface area contributed by atoms with Crippen molar-refractivity contribution in [2.45, 2.75) is 51.0 Å². The molecule has 0 atom stereocenters. The highest BCUT2D eigenvalue weighted by molar-refractivity contribution is 4.64. The minimum absolute atomic E-state index is 0.139. The molecule has 1 saturated carbocycles.